The van der Waals surface area contributed by atoms with Crippen LogP contribution in [0, 0.1) is 23.7 Å². The Balaban J connectivity index is 1.45. The van der Waals surface area contributed by atoms with Gasteiger partial charge >= 0.3 is 6.03 Å². The lowest BCUT2D eigenvalue weighted by atomic mass is 10.0. The van der Waals surface area contributed by atoms with Gasteiger partial charge in [-0.3, -0.25) is 0 Å². The third kappa shape index (κ3) is 2.29. The lowest BCUT2D eigenvalue weighted by Gasteiger charge is -2.18. The second kappa shape index (κ2) is 5.25. The molecule has 7 heteroatoms. The number of carbonyl (C=O) groups excluding carboxylic acids is 1. The second-order valence-corrected chi connectivity index (χ2v) is 7.09. The van der Waals surface area contributed by atoms with Crippen molar-refractivity contribution < 1.29 is 9.53 Å². The van der Waals surface area contributed by atoms with Crippen LogP contribution >= 0.6 is 0 Å². The number of nitrogens with zero attached hydrogens (tertiary/aromatic N) is 3. The molecular weight excluding hydrogens is 294 g/mol. The number of rotatable bonds is 4. The monoisotopic (exact) mass is 317 g/mol. The highest BCUT2D eigenvalue weighted by molar-refractivity contribution is 5.94. The highest BCUT2D eigenvalue weighted by atomic mass is 16.5. The van der Waals surface area contributed by atoms with Crippen molar-refractivity contribution in [1.82, 2.24) is 15.3 Å². The summed E-state index contributed by atoms with van der Waals surface area (Å²) in [5.74, 6) is 4.09. The zero-order valence-electron chi connectivity index (χ0n) is 13.7. The molecule has 1 aromatic heterocycles. The first-order chi connectivity index (χ1) is 11.1. The third-order valence-corrected chi connectivity index (χ3v) is 5.68. The summed E-state index contributed by atoms with van der Waals surface area (Å²) < 4.78 is 5.26. The Hall–Kier alpha value is -2.05. The van der Waals surface area contributed by atoms with E-state index in [4.69, 9.17) is 4.74 Å². The maximum Gasteiger partial charge on any atom is 0.319 e. The summed E-state index contributed by atoms with van der Waals surface area (Å²) in [7, 11) is 5.27. The smallest absolute Gasteiger partial charge is 0.319 e. The van der Waals surface area contributed by atoms with E-state index < -0.39 is 0 Å². The molecule has 0 spiro atoms. The van der Waals surface area contributed by atoms with Crippen molar-refractivity contribution in [2.45, 2.75) is 25.3 Å². The maximum absolute atomic E-state index is 12.4. The number of urea groups is 1. The largest absolute Gasteiger partial charge is 0.479 e. The van der Waals surface area contributed by atoms with E-state index in [1.54, 1.807) is 0 Å². The molecule has 3 aliphatic rings. The number of ether oxygens (including phenoxy) is 1. The van der Waals surface area contributed by atoms with Gasteiger partial charge in [-0.05, 0) is 42.9 Å². The van der Waals surface area contributed by atoms with Crippen LogP contribution in [0.5, 0.6) is 5.88 Å². The van der Waals surface area contributed by atoms with Crippen LogP contribution in [0.1, 0.15) is 19.3 Å². The Kier molecular flexibility index (Phi) is 3.32. The van der Waals surface area contributed by atoms with Crippen molar-refractivity contribution >= 4 is 17.5 Å². The van der Waals surface area contributed by atoms with Crippen molar-refractivity contribution in [2.75, 3.05) is 31.4 Å². The summed E-state index contributed by atoms with van der Waals surface area (Å²) in [6, 6.07) is 0.152. The topological polar surface area (TPSA) is 79.4 Å². The van der Waals surface area contributed by atoms with Gasteiger partial charge in [-0.1, -0.05) is 0 Å². The van der Waals surface area contributed by atoms with Gasteiger partial charge < -0.3 is 20.3 Å². The predicted molar refractivity (Wildman–Crippen MR) is 86.7 cm³/mol. The van der Waals surface area contributed by atoms with Gasteiger partial charge in [-0.15, -0.1) is 0 Å². The van der Waals surface area contributed by atoms with Crippen LogP contribution in [0.25, 0.3) is 0 Å². The third-order valence-electron chi connectivity index (χ3n) is 5.68. The molecule has 3 fully saturated rings. The molecule has 1 aromatic rings. The number of hydrogen-bond acceptors (Lipinski definition) is 5. The standard InChI is InChI=1S/C16H23N5O2/c1-21(2)14-13(15(23-3)18-7-17-14)20-16(22)19-12-10-8-4-5-9(6-8)11(10)12/h7-12H,4-6H2,1-3H3,(H2,19,20,22)/t8-,9-,10-,11+,12?/m0/s1. The van der Waals surface area contributed by atoms with Crippen LogP contribution in [-0.4, -0.2) is 43.2 Å². The molecule has 1 unspecified atom stereocenters. The van der Waals surface area contributed by atoms with Crippen LogP contribution in [0.3, 0.4) is 0 Å². The molecule has 3 saturated carbocycles. The molecule has 2 amide bonds. The van der Waals surface area contributed by atoms with Gasteiger partial charge in [0.05, 0.1) is 7.11 Å². The summed E-state index contributed by atoms with van der Waals surface area (Å²) in [6.07, 6.45) is 5.49. The van der Waals surface area contributed by atoms with Crippen molar-refractivity contribution in [2.24, 2.45) is 23.7 Å². The van der Waals surface area contributed by atoms with E-state index in [2.05, 4.69) is 20.6 Å². The first-order valence-corrected chi connectivity index (χ1v) is 8.24. The van der Waals surface area contributed by atoms with E-state index in [1.165, 1.54) is 32.7 Å². The van der Waals surface area contributed by atoms with Gasteiger partial charge in [0, 0.05) is 20.1 Å². The molecule has 0 aromatic carbocycles. The fraction of sp³-hybridized carbons (Fsp3) is 0.688. The fourth-order valence-corrected chi connectivity index (χ4v) is 4.78. The molecule has 23 heavy (non-hydrogen) atoms. The number of nitrogens with one attached hydrogen (secondary N) is 2. The Labute approximate surface area is 135 Å². The molecule has 2 N–H and O–H groups in total. The van der Waals surface area contributed by atoms with Gasteiger partial charge in [0.2, 0.25) is 5.88 Å². The Morgan fingerprint density at radius 1 is 1.26 bits per heavy atom. The molecule has 0 saturated heterocycles. The predicted octanol–water partition coefficient (Wildman–Crippen LogP) is 1.72. The fourth-order valence-electron chi connectivity index (χ4n) is 4.78. The average molecular weight is 317 g/mol. The van der Waals surface area contributed by atoms with Gasteiger partial charge in [-0.25, -0.2) is 9.78 Å². The number of carbonyl (C=O) groups is 1. The van der Waals surface area contributed by atoms with Gasteiger partial charge in [0.15, 0.2) is 5.82 Å². The van der Waals surface area contributed by atoms with Gasteiger partial charge in [0.1, 0.15) is 12.0 Å². The van der Waals surface area contributed by atoms with Gasteiger partial charge in [-0.2, -0.15) is 4.98 Å². The normalized spacial score (nSPS) is 33.1. The summed E-state index contributed by atoms with van der Waals surface area (Å²) in [6.45, 7) is 0. The van der Waals surface area contributed by atoms with Crippen molar-refractivity contribution in [1.29, 1.82) is 0 Å². The zero-order chi connectivity index (χ0) is 16.1. The minimum Gasteiger partial charge on any atom is -0.479 e. The molecule has 1 heterocycles. The van der Waals surface area contributed by atoms with E-state index in [9.17, 15) is 4.79 Å². The summed E-state index contributed by atoms with van der Waals surface area (Å²) in [4.78, 5) is 22.5. The summed E-state index contributed by atoms with van der Waals surface area (Å²) in [5.41, 5.74) is 0.506. The molecule has 7 nitrogen and oxygen atoms in total. The molecular formula is C16H23N5O2. The van der Waals surface area contributed by atoms with E-state index in [1.807, 2.05) is 19.0 Å². The molecule has 2 bridgehead atoms. The SMILES string of the molecule is COc1ncnc(N(C)C)c1NC(=O)NC1[C@@H]2[C@H]3CC[C@@H](C3)[C@H]12. The van der Waals surface area contributed by atoms with Crippen LogP contribution in [0.4, 0.5) is 16.3 Å². The van der Waals surface area contributed by atoms with Crippen molar-refractivity contribution in [3.8, 4) is 5.88 Å². The first kappa shape index (κ1) is 14.5. The molecule has 4 rings (SSSR count). The Morgan fingerprint density at radius 2 is 1.96 bits per heavy atom. The van der Waals surface area contributed by atoms with E-state index in [-0.39, 0.29) is 6.03 Å². The van der Waals surface area contributed by atoms with Crippen LogP contribution < -0.4 is 20.3 Å². The first-order valence-electron chi connectivity index (χ1n) is 8.24. The quantitative estimate of drug-likeness (QED) is 0.884. The van der Waals surface area contributed by atoms with Crippen molar-refractivity contribution in [3.63, 3.8) is 0 Å². The number of hydrogen-bond donors (Lipinski definition) is 2. The maximum atomic E-state index is 12.4. The van der Waals surface area contributed by atoms with Crippen LogP contribution in [0.2, 0.25) is 0 Å². The molecule has 0 aliphatic heterocycles. The number of anilines is 2. The van der Waals surface area contributed by atoms with E-state index >= 15 is 0 Å². The van der Waals surface area contributed by atoms with Crippen molar-refractivity contribution in [3.05, 3.63) is 6.33 Å². The number of fused-ring (bicyclic) bond motifs is 5. The number of amides is 2. The minimum atomic E-state index is -0.194. The van der Waals surface area contributed by atoms with E-state index in [0.717, 1.165) is 11.8 Å². The molecule has 124 valence electrons. The van der Waals surface area contributed by atoms with E-state index in [0.29, 0.717) is 35.3 Å². The van der Waals surface area contributed by atoms with Crippen LogP contribution in [-0.2, 0) is 0 Å². The van der Waals surface area contributed by atoms with Crippen LogP contribution in [0.15, 0.2) is 6.33 Å². The minimum absolute atomic E-state index is 0.194. The number of methoxy groups -OCH3 is 1. The molecule has 5 atom stereocenters. The average Bonchev–Trinajstić information content (AvgIpc) is 2.92. The Morgan fingerprint density at radius 3 is 2.57 bits per heavy atom. The van der Waals surface area contributed by atoms with Gasteiger partial charge in [0.25, 0.3) is 0 Å². The number of aromatic nitrogens is 2. The molecule has 0 radical (unpaired) electrons. The second-order valence-electron chi connectivity index (χ2n) is 7.09. The summed E-state index contributed by atoms with van der Waals surface area (Å²) >= 11 is 0. The molecule has 3 aliphatic carbocycles. The lowest BCUT2D eigenvalue weighted by Crippen LogP contribution is -2.34. The highest BCUT2D eigenvalue weighted by Gasteiger charge is 2.65. The lowest BCUT2D eigenvalue weighted by molar-refractivity contribution is 0.249. The highest BCUT2D eigenvalue weighted by Crippen LogP contribution is 2.65. The zero-order valence-corrected chi connectivity index (χ0v) is 13.7. The Bertz CT molecular complexity index is 619. The summed E-state index contributed by atoms with van der Waals surface area (Å²) in [5, 5.41) is 6.02.